The number of unbranched alkanes of at least 4 members (excludes halogenated alkanes) is 5. The van der Waals surface area contributed by atoms with Gasteiger partial charge in [0.1, 0.15) is 5.76 Å². The molecule has 1 aliphatic heterocycles. The van der Waals surface area contributed by atoms with Crippen LogP contribution in [0.5, 0.6) is 0 Å². The average molecular weight is 327 g/mol. The Labute approximate surface area is 138 Å². The Morgan fingerprint density at radius 3 is 2.55 bits per heavy atom. The highest BCUT2D eigenvalue weighted by Gasteiger charge is 2.40. The van der Waals surface area contributed by atoms with Gasteiger partial charge in [-0.25, -0.2) is 4.79 Å². The lowest BCUT2D eigenvalue weighted by atomic mass is 9.99. The first-order chi connectivity index (χ1) is 10.4. The predicted molar refractivity (Wildman–Crippen MR) is 91.8 cm³/mol. The molecule has 1 heterocycles. The summed E-state index contributed by atoms with van der Waals surface area (Å²) in [6.07, 6.45) is 9.08. The molecule has 0 aliphatic carbocycles. The second-order valence-electron chi connectivity index (χ2n) is 6.37. The van der Waals surface area contributed by atoms with Crippen molar-refractivity contribution in [1.82, 2.24) is 5.32 Å². The standard InChI is InChI=1S/C17H29NO3S/c1-5-6-7-8-9-10-11-17(4)14(12-15(19)22-17)21-16(20)18-13(2)3/h12-13H,5-11H2,1-4H3,(H,18,20)/t17-/m1/s1. The van der Waals surface area contributed by atoms with Crippen molar-refractivity contribution in [3.63, 3.8) is 0 Å². The highest BCUT2D eigenvalue weighted by Crippen LogP contribution is 2.44. The second kappa shape index (κ2) is 9.23. The number of ether oxygens (including phenoxy) is 1. The van der Waals surface area contributed by atoms with Gasteiger partial charge in [0.2, 0.25) is 5.12 Å². The molecule has 1 N–H and O–H groups in total. The number of hydrogen-bond acceptors (Lipinski definition) is 4. The minimum Gasteiger partial charge on any atom is -0.413 e. The van der Waals surface area contributed by atoms with Gasteiger partial charge in [-0.1, -0.05) is 57.2 Å². The topological polar surface area (TPSA) is 55.4 Å². The van der Waals surface area contributed by atoms with Crippen LogP contribution in [0.4, 0.5) is 4.79 Å². The fraction of sp³-hybridized carbons (Fsp3) is 0.765. The summed E-state index contributed by atoms with van der Waals surface area (Å²) in [6, 6.07) is 0.0164. The van der Waals surface area contributed by atoms with Gasteiger partial charge in [0.05, 0.1) is 4.75 Å². The van der Waals surface area contributed by atoms with E-state index in [4.69, 9.17) is 4.74 Å². The van der Waals surface area contributed by atoms with E-state index in [-0.39, 0.29) is 11.2 Å². The third-order valence-electron chi connectivity index (χ3n) is 3.71. The van der Waals surface area contributed by atoms with Crippen LogP contribution in [0, 0.1) is 0 Å². The zero-order chi connectivity index (χ0) is 16.6. The molecule has 0 aromatic heterocycles. The van der Waals surface area contributed by atoms with Crippen molar-refractivity contribution in [3.8, 4) is 0 Å². The number of hydrogen-bond donors (Lipinski definition) is 1. The zero-order valence-electron chi connectivity index (χ0n) is 14.2. The molecule has 0 aromatic rings. The molecule has 5 heteroatoms. The number of nitrogens with one attached hydrogen (secondary N) is 1. The molecular formula is C17H29NO3S. The molecule has 0 unspecified atom stereocenters. The van der Waals surface area contributed by atoms with Crippen molar-refractivity contribution >= 4 is 23.0 Å². The van der Waals surface area contributed by atoms with Gasteiger partial charge in [-0.2, -0.15) is 0 Å². The first-order valence-corrected chi connectivity index (χ1v) is 9.12. The molecular weight excluding hydrogens is 298 g/mol. The third kappa shape index (κ3) is 6.42. The zero-order valence-corrected chi connectivity index (χ0v) is 15.1. The van der Waals surface area contributed by atoms with Gasteiger partial charge < -0.3 is 10.1 Å². The van der Waals surface area contributed by atoms with Gasteiger partial charge in [-0.3, -0.25) is 4.79 Å². The van der Waals surface area contributed by atoms with Crippen LogP contribution < -0.4 is 5.32 Å². The Kier molecular flexibility index (Phi) is 8.01. The summed E-state index contributed by atoms with van der Waals surface area (Å²) in [5.41, 5.74) is 0. The molecule has 0 bridgehead atoms. The summed E-state index contributed by atoms with van der Waals surface area (Å²) in [5, 5.41) is 2.66. The minimum atomic E-state index is -0.481. The lowest BCUT2D eigenvalue weighted by molar-refractivity contribution is -0.106. The van der Waals surface area contributed by atoms with E-state index in [9.17, 15) is 9.59 Å². The van der Waals surface area contributed by atoms with E-state index in [0.717, 1.165) is 19.3 Å². The number of rotatable bonds is 9. The molecule has 0 aromatic carbocycles. The van der Waals surface area contributed by atoms with E-state index >= 15 is 0 Å². The summed E-state index contributed by atoms with van der Waals surface area (Å²) in [4.78, 5) is 23.5. The van der Waals surface area contributed by atoms with Gasteiger partial charge in [0.15, 0.2) is 0 Å². The monoisotopic (exact) mass is 327 g/mol. The lowest BCUT2D eigenvalue weighted by Gasteiger charge is -2.25. The van der Waals surface area contributed by atoms with E-state index in [1.807, 2.05) is 20.8 Å². The van der Waals surface area contributed by atoms with Gasteiger partial charge in [-0.05, 0) is 27.2 Å². The summed E-state index contributed by atoms with van der Waals surface area (Å²) >= 11 is 1.27. The average Bonchev–Trinajstić information content (AvgIpc) is 2.67. The van der Waals surface area contributed by atoms with Gasteiger partial charge in [0.25, 0.3) is 0 Å². The van der Waals surface area contributed by atoms with E-state index in [2.05, 4.69) is 12.2 Å². The number of carbonyl (C=O) groups is 2. The van der Waals surface area contributed by atoms with E-state index in [1.165, 1.54) is 43.5 Å². The minimum absolute atomic E-state index is 0.0164. The van der Waals surface area contributed by atoms with Crippen molar-refractivity contribution in [1.29, 1.82) is 0 Å². The van der Waals surface area contributed by atoms with E-state index < -0.39 is 10.8 Å². The molecule has 0 saturated carbocycles. The van der Waals surface area contributed by atoms with Gasteiger partial charge in [0, 0.05) is 12.1 Å². The largest absolute Gasteiger partial charge is 0.413 e. The van der Waals surface area contributed by atoms with Crippen LogP contribution in [0.25, 0.3) is 0 Å². The lowest BCUT2D eigenvalue weighted by Crippen LogP contribution is -2.33. The van der Waals surface area contributed by atoms with Gasteiger partial charge in [-0.15, -0.1) is 0 Å². The maximum Gasteiger partial charge on any atom is 0.412 e. The molecule has 1 atom stereocenters. The molecule has 1 rings (SSSR count). The van der Waals surface area contributed by atoms with Crippen LogP contribution >= 0.6 is 11.8 Å². The quantitative estimate of drug-likeness (QED) is 0.619. The Morgan fingerprint density at radius 1 is 1.27 bits per heavy atom. The SMILES string of the molecule is CCCCCCCC[C@@]1(C)SC(=O)C=C1OC(=O)NC(C)C. The van der Waals surface area contributed by atoms with Crippen LogP contribution in [0.1, 0.15) is 72.6 Å². The molecule has 4 nitrogen and oxygen atoms in total. The van der Waals surface area contributed by atoms with Crippen molar-refractivity contribution in [2.45, 2.75) is 83.4 Å². The summed E-state index contributed by atoms with van der Waals surface area (Å²) in [7, 11) is 0. The normalized spacial score (nSPS) is 21.1. The second-order valence-corrected chi connectivity index (χ2v) is 7.87. The smallest absolute Gasteiger partial charge is 0.412 e. The number of alkyl carbamates (subject to hydrolysis) is 1. The van der Waals surface area contributed by atoms with Crippen LogP contribution in [-0.4, -0.2) is 22.0 Å². The van der Waals surface area contributed by atoms with E-state index in [1.54, 1.807) is 0 Å². The summed E-state index contributed by atoms with van der Waals surface area (Å²) in [6.45, 7) is 7.95. The van der Waals surface area contributed by atoms with Crippen molar-refractivity contribution in [2.24, 2.45) is 0 Å². The molecule has 1 amide bonds. The highest BCUT2D eigenvalue weighted by atomic mass is 32.2. The Balaban J connectivity index is 2.46. The number of amides is 1. The van der Waals surface area contributed by atoms with Crippen LogP contribution in [0.2, 0.25) is 0 Å². The Hall–Kier alpha value is -0.970. The molecule has 0 fully saturated rings. The summed E-state index contributed by atoms with van der Waals surface area (Å²) in [5.74, 6) is 0.495. The molecule has 0 saturated heterocycles. The summed E-state index contributed by atoms with van der Waals surface area (Å²) < 4.78 is 4.97. The van der Waals surface area contributed by atoms with Crippen LogP contribution in [0.3, 0.4) is 0 Å². The fourth-order valence-corrected chi connectivity index (χ4v) is 3.54. The maximum absolute atomic E-state index is 11.8. The van der Waals surface area contributed by atoms with Crippen molar-refractivity contribution in [2.75, 3.05) is 0 Å². The Bertz CT molecular complexity index is 420. The third-order valence-corrected chi connectivity index (χ3v) is 4.89. The molecule has 0 spiro atoms. The highest BCUT2D eigenvalue weighted by molar-refractivity contribution is 8.15. The van der Waals surface area contributed by atoms with Crippen molar-refractivity contribution < 1.29 is 14.3 Å². The Morgan fingerprint density at radius 2 is 1.91 bits per heavy atom. The fourth-order valence-electron chi connectivity index (χ4n) is 2.48. The van der Waals surface area contributed by atoms with E-state index in [0.29, 0.717) is 5.76 Å². The molecule has 0 radical (unpaired) electrons. The van der Waals surface area contributed by atoms with Crippen LogP contribution in [0.15, 0.2) is 11.8 Å². The number of carbonyl (C=O) groups excluding carboxylic acids is 2. The molecule has 1 aliphatic rings. The maximum atomic E-state index is 11.8. The van der Waals surface area contributed by atoms with Gasteiger partial charge >= 0.3 is 6.09 Å². The predicted octanol–water partition coefficient (Wildman–Crippen LogP) is 4.79. The first-order valence-electron chi connectivity index (χ1n) is 8.31. The first kappa shape index (κ1) is 19.1. The van der Waals surface area contributed by atoms with Crippen LogP contribution in [-0.2, 0) is 9.53 Å². The molecule has 22 heavy (non-hydrogen) atoms. The van der Waals surface area contributed by atoms with Crippen molar-refractivity contribution in [3.05, 3.63) is 11.8 Å². The number of thioether (sulfide) groups is 1. The molecule has 126 valence electrons.